The Morgan fingerprint density at radius 3 is 2.21 bits per heavy atom. The number of methoxy groups -OCH3 is 2. The molecule has 0 amide bonds. The third-order valence-electron chi connectivity index (χ3n) is 5.01. The van der Waals surface area contributed by atoms with Crippen LogP contribution < -0.4 is 14.2 Å². The van der Waals surface area contributed by atoms with Crippen molar-refractivity contribution < 1.29 is 26.3 Å². The van der Waals surface area contributed by atoms with E-state index < -0.39 is 19.9 Å². The van der Waals surface area contributed by atoms with Gasteiger partial charge in [0.05, 0.1) is 24.6 Å². The molecule has 1 aromatic heterocycles. The zero-order chi connectivity index (χ0) is 23.8. The van der Waals surface area contributed by atoms with E-state index in [-0.39, 0.29) is 15.5 Å². The predicted molar refractivity (Wildman–Crippen MR) is 125 cm³/mol. The average Bonchev–Trinajstić information content (AvgIpc) is 3.21. The number of sulfonamides is 1. The van der Waals surface area contributed by atoms with Crippen LogP contribution in [0, 0.1) is 0 Å². The Kier molecular flexibility index (Phi) is 5.76. The molecule has 0 spiro atoms. The fourth-order valence-corrected chi connectivity index (χ4v) is 6.15. The summed E-state index contributed by atoms with van der Waals surface area (Å²) >= 11 is 0. The topological polar surface area (TPSA) is 127 Å². The maximum Gasteiger partial charge on any atom is 0.263 e. The molecule has 1 heterocycles. The monoisotopic (exact) mass is 487 g/mol. The minimum absolute atomic E-state index is 0.258. The number of anilines is 1. The summed E-state index contributed by atoms with van der Waals surface area (Å²) in [5.41, 5.74) is 2.28. The number of nitrogens with zero attached hydrogens (tertiary/aromatic N) is 1. The summed E-state index contributed by atoms with van der Waals surface area (Å²) in [5, 5.41) is 7.95. The van der Waals surface area contributed by atoms with E-state index in [2.05, 4.69) is 14.9 Å². The van der Waals surface area contributed by atoms with E-state index in [0.29, 0.717) is 28.1 Å². The number of aromatic nitrogens is 2. The largest absolute Gasteiger partial charge is 0.493 e. The lowest BCUT2D eigenvalue weighted by Gasteiger charge is -2.12. The summed E-state index contributed by atoms with van der Waals surface area (Å²) in [6.07, 6.45) is 0.967. The number of aromatic amines is 1. The fraction of sp³-hybridized carbons (Fsp3) is 0.136. The second-order valence-electron chi connectivity index (χ2n) is 7.23. The van der Waals surface area contributed by atoms with Gasteiger partial charge in [0.25, 0.3) is 10.0 Å². The highest BCUT2D eigenvalue weighted by atomic mass is 32.2. The first-order valence-electron chi connectivity index (χ1n) is 9.66. The van der Waals surface area contributed by atoms with Gasteiger partial charge in [0.1, 0.15) is 10.6 Å². The molecule has 0 radical (unpaired) electrons. The van der Waals surface area contributed by atoms with Crippen LogP contribution in [-0.4, -0.2) is 47.5 Å². The molecule has 0 fully saturated rings. The molecule has 0 saturated carbocycles. The summed E-state index contributed by atoms with van der Waals surface area (Å²) in [6.45, 7) is 0. The quantitative estimate of drug-likeness (QED) is 0.409. The van der Waals surface area contributed by atoms with Crippen molar-refractivity contribution in [1.82, 2.24) is 10.2 Å². The van der Waals surface area contributed by atoms with Crippen LogP contribution in [0.15, 0.2) is 70.5 Å². The van der Waals surface area contributed by atoms with Crippen molar-refractivity contribution in [3.63, 3.8) is 0 Å². The molecule has 2 N–H and O–H groups in total. The van der Waals surface area contributed by atoms with E-state index in [1.165, 1.54) is 31.4 Å². The molecule has 4 rings (SSSR count). The van der Waals surface area contributed by atoms with Crippen molar-refractivity contribution in [2.75, 3.05) is 25.2 Å². The Morgan fingerprint density at radius 2 is 1.55 bits per heavy atom. The van der Waals surface area contributed by atoms with Gasteiger partial charge >= 0.3 is 0 Å². The molecule has 11 heteroatoms. The number of hydrogen-bond donors (Lipinski definition) is 2. The predicted octanol–water partition coefficient (Wildman–Crippen LogP) is 3.45. The van der Waals surface area contributed by atoms with Crippen molar-refractivity contribution in [1.29, 1.82) is 0 Å². The first kappa shape index (κ1) is 22.6. The smallest absolute Gasteiger partial charge is 0.263 e. The fourth-order valence-electron chi connectivity index (χ4n) is 3.47. The Hall–Kier alpha value is -3.57. The third-order valence-corrected chi connectivity index (χ3v) is 7.73. The van der Waals surface area contributed by atoms with Crippen LogP contribution in [0.3, 0.4) is 0 Å². The molecule has 4 aromatic rings. The average molecular weight is 488 g/mol. The summed E-state index contributed by atoms with van der Waals surface area (Å²) in [7, 11) is -4.84. The third kappa shape index (κ3) is 4.37. The normalized spacial score (nSPS) is 12.0. The standard InChI is InChI=1S/C22H21N3O6S2/c1-30-18-11-8-14(12-19(18)31-2)22-16-13-15(9-10-17(16)23-24-22)25-33(28,29)21-7-5-4-6-20(21)32(3,26)27/h4-13,25H,1-3H3,(H,23,24). The molecule has 0 atom stereocenters. The molecule has 0 saturated heterocycles. The Balaban J connectivity index is 1.76. The number of ether oxygens (including phenoxy) is 2. The van der Waals surface area contributed by atoms with Crippen molar-refractivity contribution in [2.45, 2.75) is 9.79 Å². The zero-order valence-corrected chi connectivity index (χ0v) is 19.6. The van der Waals surface area contributed by atoms with Gasteiger partial charge in [0, 0.05) is 22.9 Å². The summed E-state index contributed by atoms with van der Waals surface area (Å²) < 4.78 is 63.3. The van der Waals surface area contributed by atoms with Gasteiger partial charge in [0.2, 0.25) is 0 Å². The number of fused-ring (bicyclic) bond motifs is 1. The van der Waals surface area contributed by atoms with Gasteiger partial charge in [-0.25, -0.2) is 16.8 Å². The van der Waals surface area contributed by atoms with Gasteiger partial charge in [-0.1, -0.05) is 12.1 Å². The second kappa shape index (κ2) is 8.41. The molecule has 3 aromatic carbocycles. The first-order chi connectivity index (χ1) is 15.6. The van der Waals surface area contributed by atoms with E-state index in [0.717, 1.165) is 11.8 Å². The van der Waals surface area contributed by atoms with E-state index in [9.17, 15) is 16.8 Å². The van der Waals surface area contributed by atoms with Crippen molar-refractivity contribution in [3.8, 4) is 22.8 Å². The molecule has 0 bridgehead atoms. The summed E-state index contributed by atoms with van der Waals surface area (Å²) in [5.74, 6) is 1.10. The lowest BCUT2D eigenvalue weighted by atomic mass is 10.1. The van der Waals surface area contributed by atoms with Gasteiger partial charge in [-0.15, -0.1) is 0 Å². The maximum absolute atomic E-state index is 13.0. The number of hydrogen-bond acceptors (Lipinski definition) is 7. The van der Waals surface area contributed by atoms with Crippen LogP contribution in [0.25, 0.3) is 22.2 Å². The lowest BCUT2D eigenvalue weighted by molar-refractivity contribution is 0.355. The number of nitrogens with one attached hydrogen (secondary N) is 2. The van der Waals surface area contributed by atoms with Crippen LogP contribution in [0.2, 0.25) is 0 Å². The highest BCUT2D eigenvalue weighted by Gasteiger charge is 2.24. The molecule has 33 heavy (non-hydrogen) atoms. The summed E-state index contributed by atoms with van der Waals surface area (Å²) in [6, 6.07) is 15.7. The lowest BCUT2D eigenvalue weighted by Crippen LogP contribution is -2.16. The Bertz CT molecular complexity index is 1560. The van der Waals surface area contributed by atoms with Crippen LogP contribution >= 0.6 is 0 Å². The van der Waals surface area contributed by atoms with E-state index in [4.69, 9.17) is 9.47 Å². The molecular formula is C22H21N3O6S2. The minimum atomic E-state index is -4.17. The van der Waals surface area contributed by atoms with Crippen molar-refractivity contribution >= 4 is 36.5 Å². The van der Waals surface area contributed by atoms with Crippen LogP contribution in [-0.2, 0) is 19.9 Å². The molecule has 172 valence electrons. The van der Waals surface area contributed by atoms with Gasteiger partial charge < -0.3 is 9.47 Å². The molecule has 0 aliphatic carbocycles. The summed E-state index contributed by atoms with van der Waals surface area (Å²) in [4.78, 5) is -0.590. The maximum atomic E-state index is 13.0. The minimum Gasteiger partial charge on any atom is -0.493 e. The Morgan fingerprint density at radius 1 is 0.848 bits per heavy atom. The van der Waals surface area contributed by atoms with E-state index in [1.807, 2.05) is 6.07 Å². The second-order valence-corrected chi connectivity index (χ2v) is 10.9. The highest BCUT2D eigenvalue weighted by Crippen LogP contribution is 2.35. The van der Waals surface area contributed by atoms with Gasteiger partial charge in [0.15, 0.2) is 21.3 Å². The van der Waals surface area contributed by atoms with Crippen molar-refractivity contribution in [2.24, 2.45) is 0 Å². The molecule has 0 aliphatic heterocycles. The Labute approximate surface area is 191 Å². The van der Waals surface area contributed by atoms with E-state index in [1.54, 1.807) is 37.4 Å². The number of sulfone groups is 1. The zero-order valence-electron chi connectivity index (χ0n) is 18.0. The van der Waals surface area contributed by atoms with E-state index >= 15 is 0 Å². The molecule has 0 unspecified atom stereocenters. The van der Waals surface area contributed by atoms with Gasteiger partial charge in [-0.3, -0.25) is 9.82 Å². The van der Waals surface area contributed by atoms with Crippen LogP contribution in [0.5, 0.6) is 11.5 Å². The van der Waals surface area contributed by atoms with Gasteiger partial charge in [-0.2, -0.15) is 5.10 Å². The molecular weight excluding hydrogens is 466 g/mol. The highest BCUT2D eigenvalue weighted by molar-refractivity contribution is 7.95. The number of benzene rings is 3. The van der Waals surface area contributed by atoms with Gasteiger partial charge in [-0.05, 0) is 48.5 Å². The van der Waals surface area contributed by atoms with Crippen molar-refractivity contribution in [3.05, 3.63) is 60.7 Å². The van der Waals surface area contributed by atoms with Crippen LogP contribution in [0.1, 0.15) is 0 Å². The van der Waals surface area contributed by atoms with Crippen LogP contribution in [0.4, 0.5) is 5.69 Å². The first-order valence-corrected chi connectivity index (χ1v) is 13.0. The SMILES string of the molecule is COc1ccc(-c2n[nH]c3ccc(NS(=O)(=O)c4ccccc4S(C)(=O)=O)cc23)cc1OC. The number of H-pyrrole nitrogens is 1. The number of rotatable bonds is 7. The molecule has 9 nitrogen and oxygen atoms in total. The molecule has 0 aliphatic rings.